The molecule has 0 fully saturated rings. The molecule has 0 aliphatic carbocycles. The lowest BCUT2D eigenvalue weighted by Gasteiger charge is -2.07. The molecule has 0 saturated carbocycles. The van der Waals surface area contributed by atoms with Gasteiger partial charge in [-0.05, 0) is 42.1 Å². The van der Waals surface area contributed by atoms with E-state index >= 15 is 0 Å². The normalized spacial score (nSPS) is 11.6. The molecule has 4 rings (SSSR count). The second-order valence-corrected chi connectivity index (χ2v) is 7.25. The van der Waals surface area contributed by atoms with Crippen molar-refractivity contribution < 1.29 is 27.2 Å². The third kappa shape index (κ3) is 3.71. The van der Waals surface area contributed by atoms with E-state index in [0.717, 1.165) is 15.6 Å². The van der Waals surface area contributed by atoms with Crippen LogP contribution < -0.4 is 10.1 Å². The molecule has 7 nitrogen and oxygen atoms in total. The molecule has 30 heavy (non-hydrogen) atoms. The third-order valence-corrected chi connectivity index (χ3v) is 5.46. The van der Waals surface area contributed by atoms with Crippen LogP contribution in [0.2, 0.25) is 0 Å². The van der Waals surface area contributed by atoms with E-state index in [9.17, 15) is 18.0 Å². The Labute approximate surface area is 171 Å². The topological polar surface area (TPSA) is 90.1 Å². The molecule has 11 heteroatoms. The van der Waals surface area contributed by atoms with Crippen LogP contribution in [0.4, 0.5) is 13.2 Å². The van der Waals surface area contributed by atoms with Crippen molar-refractivity contribution in [2.75, 3.05) is 7.05 Å². The molecular formula is C19H13F3N4O3S. The molecule has 3 heterocycles. The summed E-state index contributed by atoms with van der Waals surface area (Å²) < 4.78 is 49.2. The van der Waals surface area contributed by atoms with Crippen LogP contribution in [0, 0.1) is 6.92 Å². The van der Waals surface area contributed by atoms with Gasteiger partial charge >= 0.3 is 12.1 Å². The smallest absolute Gasteiger partial charge is 0.457 e. The quantitative estimate of drug-likeness (QED) is 0.495. The first-order chi connectivity index (χ1) is 14.3. The van der Waals surface area contributed by atoms with E-state index in [0.29, 0.717) is 16.4 Å². The van der Waals surface area contributed by atoms with Crippen LogP contribution in [-0.2, 0) is 6.18 Å². The summed E-state index contributed by atoms with van der Waals surface area (Å²) >= 11 is 1.23. The molecule has 154 valence electrons. The van der Waals surface area contributed by atoms with Gasteiger partial charge in [0.1, 0.15) is 17.2 Å². The number of aromatic nitrogens is 3. The highest BCUT2D eigenvalue weighted by molar-refractivity contribution is 7.22. The number of carbonyl (C=O) groups excluding carboxylic acids is 1. The Kier molecular flexibility index (Phi) is 4.90. The summed E-state index contributed by atoms with van der Waals surface area (Å²) in [5.41, 5.74) is 0.949. The molecule has 0 unspecified atom stereocenters. The Morgan fingerprint density at radius 1 is 1.20 bits per heavy atom. The third-order valence-electron chi connectivity index (χ3n) is 4.21. The van der Waals surface area contributed by atoms with Crippen LogP contribution in [0.25, 0.3) is 20.8 Å². The van der Waals surface area contributed by atoms with E-state index in [-0.39, 0.29) is 17.4 Å². The number of hydrogen-bond acceptors (Lipinski definition) is 7. The highest BCUT2D eigenvalue weighted by Gasteiger charge is 2.38. The SMILES string of the molecule is CNC(=O)c1cc(Oc2ccc3c(C)c(-c4noc(C(F)(F)F)n4)sc3c2)ccn1. The molecule has 0 atom stereocenters. The van der Waals surface area contributed by atoms with Crippen molar-refractivity contribution in [1.29, 1.82) is 0 Å². The first-order valence-electron chi connectivity index (χ1n) is 8.56. The number of halogens is 3. The number of aryl methyl sites for hydroxylation is 1. The van der Waals surface area contributed by atoms with E-state index in [1.165, 1.54) is 30.6 Å². The largest absolute Gasteiger partial charge is 0.471 e. The summed E-state index contributed by atoms with van der Waals surface area (Å²) in [4.78, 5) is 19.6. The average Bonchev–Trinajstić information content (AvgIpc) is 3.32. The second kappa shape index (κ2) is 7.41. The van der Waals surface area contributed by atoms with Gasteiger partial charge in [-0.1, -0.05) is 5.16 Å². The number of nitrogens with one attached hydrogen (secondary N) is 1. The van der Waals surface area contributed by atoms with Gasteiger partial charge in [-0.15, -0.1) is 11.3 Å². The van der Waals surface area contributed by atoms with Crippen LogP contribution in [-0.4, -0.2) is 28.1 Å². The Hall–Kier alpha value is -3.47. The fourth-order valence-electron chi connectivity index (χ4n) is 2.78. The van der Waals surface area contributed by atoms with Gasteiger partial charge < -0.3 is 14.6 Å². The summed E-state index contributed by atoms with van der Waals surface area (Å²) in [5.74, 6) is -0.929. The average molecular weight is 434 g/mol. The lowest BCUT2D eigenvalue weighted by Crippen LogP contribution is -2.18. The Morgan fingerprint density at radius 3 is 2.67 bits per heavy atom. The highest BCUT2D eigenvalue weighted by atomic mass is 32.1. The number of amides is 1. The lowest BCUT2D eigenvalue weighted by molar-refractivity contribution is -0.159. The minimum absolute atomic E-state index is 0.118. The first kappa shape index (κ1) is 19.8. The molecule has 0 aliphatic heterocycles. The first-order valence-corrected chi connectivity index (χ1v) is 9.38. The number of fused-ring (bicyclic) bond motifs is 1. The van der Waals surface area contributed by atoms with Crippen LogP contribution in [0.3, 0.4) is 0 Å². The molecule has 1 aromatic carbocycles. The van der Waals surface area contributed by atoms with E-state index in [1.54, 1.807) is 31.2 Å². The molecule has 0 saturated heterocycles. The van der Waals surface area contributed by atoms with Crippen molar-refractivity contribution in [1.82, 2.24) is 20.4 Å². The Balaban J connectivity index is 1.66. The zero-order valence-corrected chi connectivity index (χ0v) is 16.4. The van der Waals surface area contributed by atoms with Crippen LogP contribution in [0.15, 0.2) is 41.1 Å². The molecular weight excluding hydrogens is 421 g/mol. The van der Waals surface area contributed by atoms with Gasteiger partial charge in [0, 0.05) is 24.0 Å². The van der Waals surface area contributed by atoms with Gasteiger partial charge in [-0.3, -0.25) is 9.78 Å². The van der Waals surface area contributed by atoms with Crippen molar-refractivity contribution in [2.24, 2.45) is 0 Å². The summed E-state index contributed by atoms with van der Waals surface area (Å²) in [7, 11) is 1.50. The molecule has 0 spiro atoms. The van der Waals surface area contributed by atoms with E-state index in [2.05, 4.69) is 25.0 Å². The summed E-state index contributed by atoms with van der Waals surface area (Å²) in [6.07, 6.45) is -3.24. The molecule has 0 aliphatic rings. The number of thiophene rings is 1. The van der Waals surface area contributed by atoms with Crippen LogP contribution in [0.5, 0.6) is 11.5 Å². The number of benzene rings is 1. The maximum absolute atomic E-state index is 12.7. The van der Waals surface area contributed by atoms with Crippen molar-refractivity contribution >= 4 is 27.3 Å². The lowest BCUT2D eigenvalue weighted by atomic mass is 10.1. The zero-order chi connectivity index (χ0) is 21.5. The zero-order valence-electron chi connectivity index (χ0n) is 15.6. The van der Waals surface area contributed by atoms with Gasteiger partial charge in [0.05, 0.1) is 4.88 Å². The van der Waals surface area contributed by atoms with Crippen LogP contribution in [0.1, 0.15) is 21.9 Å². The van der Waals surface area contributed by atoms with Gasteiger partial charge in [0.15, 0.2) is 0 Å². The number of carbonyl (C=O) groups is 1. The fraction of sp³-hybridized carbons (Fsp3) is 0.158. The number of alkyl halides is 3. The molecule has 1 N–H and O–H groups in total. The Bertz CT molecular complexity index is 1250. The summed E-state index contributed by atoms with van der Waals surface area (Å²) in [6.45, 7) is 1.77. The van der Waals surface area contributed by atoms with Gasteiger partial charge in [0.2, 0.25) is 5.82 Å². The number of rotatable bonds is 4. The second-order valence-electron chi connectivity index (χ2n) is 6.19. The van der Waals surface area contributed by atoms with Crippen molar-refractivity contribution in [3.63, 3.8) is 0 Å². The highest BCUT2D eigenvalue weighted by Crippen LogP contribution is 2.40. The minimum atomic E-state index is -4.70. The van der Waals surface area contributed by atoms with E-state index < -0.39 is 12.1 Å². The Morgan fingerprint density at radius 2 is 1.97 bits per heavy atom. The maximum Gasteiger partial charge on any atom is 0.471 e. The minimum Gasteiger partial charge on any atom is -0.457 e. The van der Waals surface area contributed by atoms with Gasteiger partial charge in [-0.2, -0.15) is 18.2 Å². The monoisotopic (exact) mass is 434 g/mol. The molecule has 0 bridgehead atoms. The number of ether oxygens (including phenoxy) is 1. The number of pyridine rings is 1. The van der Waals surface area contributed by atoms with E-state index in [4.69, 9.17) is 4.74 Å². The van der Waals surface area contributed by atoms with Gasteiger partial charge in [-0.25, -0.2) is 0 Å². The van der Waals surface area contributed by atoms with Crippen molar-refractivity contribution in [3.05, 3.63) is 53.7 Å². The van der Waals surface area contributed by atoms with Gasteiger partial charge in [0.25, 0.3) is 5.91 Å². The standard InChI is InChI=1S/C19H13F3N4O3S/c1-9-12-4-3-10(28-11-5-6-24-13(7-11)17(27)23-2)8-14(12)30-15(9)16-25-18(29-26-16)19(20,21)22/h3-8H,1-2H3,(H,23,27). The molecule has 0 radical (unpaired) electrons. The molecule has 4 aromatic rings. The van der Waals surface area contributed by atoms with Crippen molar-refractivity contribution in [2.45, 2.75) is 13.1 Å². The number of nitrogens with zero attached hydrogens (tertiary/aromatic N) is 3. The van der Waals surface area contributed by atoms with Crippen molar-refractivity contribution in [3.8, 4) is 22.2 Å². The molecule has 3 aromatic heterocycles. The summed E-state index contributed by atoms with van der Waals surface area (Å²) in [6, 6.07) is 8.39. The predicted molar refractivity (Wildman–Crippen MR) is 103 cm³/mol. The summed E-state index contributed by atoms with van der Waals surface area (Å²) in [5, 5.41) is 6.78. The molecule has 1 amide bonds. The predicted octanol–water partition coefficient (Wildman–Crippen LogP) is 4.83. The van der Waals surface area contributed by atoms with Crippen LogP contribution >= 0.6 is 11.3 Å². The van der Waals surface area contributed by atoms with E-state index in [1.807, 2.05) is 0 Å². The fourth-order valence-corrected chi connectivity index (χ4v) is 3.94. The maximum atomic E-state index is 12.7. The number of hydrogen-bond donors (Lipinski definition) is 1.